The summed E-state index contributed by atoms with van der Waals surface area (Å²) in [4.78, 5) is 2.10. The van der Waals surface area contributed by atoms with Crippen LogP contribution in [-0.2, 0) is 0 Å². The number of aliphatic hydroxyl groups excluding tert-OH is 2. The molecule has 0 aromatic heterocycles. The topological polar surface area (TPSA) is 43.7 Å². The summed E-state index contributed by atoms with van der Waals surface area (Å²) in [6.07, 6.45) is 0.158. The van der Waals surface area contributed by atoms with E-state index in [2.05, 4.69) is 4.90 Å². The molecular weight excluding hydrogens is 190 g/mol. The highest BCUT2D eigenvalue weighted by Gasteiger charge is 2.22. The van der Waals surface area contributed by atoms with Gasteiger partial charge in [0.05, 0.1) is 12.2 Å². The number of rotatable bonds is 3. The van der Waals surface area contributed by atoms with Crippen molar-refractivity contribution in [3.05, 3.63) is 35.9 Å². The van der Waals surface area contributed by atoms with Crippen LogP contribution in [-0.4, -0.2) is 40.9 Å². The Morgan fingerprint density at radius 1 is 1.33 bits per heavy atom. The molecule has 0 bridgehead atoms. The maximum absolute atomic E-state index is 9.94. The van der Waals surface area contributed by atoms with Crippen LogP contribution in [0, 0.1) is 0 Å². The van der Waals surface area contributed by atoms with E-state index in [0.29, 0.717) is 13.1 Å². The average Bonchev–Trinajstić information content (AvgIpc) is 2.65. The van der Waals surface area contributed by atoms with Crippen LogP contribution in [0.2, 0.25) is 0 Å². The van der Waals surface area contributed by atoms with Gasteiger partial charge in [-0.05, 0) is 12.0 Å². The predicted octanol–water partition coefficient (Wildman–Crippen LogP) is 0.787. The number of hydrogen-bond acceptors (Lipinski definition) is 3. The first-order chi connectivity index (χ1) is 7.25. The van der Waals surface area contributed by atoms with Crippen molar-refractivity contribution in [1.29, 1.82) is 0 Å². The number of β-amino-alcohol motifs (C(OH)–C–C–N with tert-alkyl or cyclic N) is 2. The van der Waals surface area contributed by atoms with Crippen LogP contribution >= 0.6 is 0 Å². The van der Waals surface area contributed by atoms with E-state index in [1.54, 1.807) is 0 Å². The molecule has 1 aromatic rings. The van der Waals surface area contributed by atoms with Gasteiger partial charge in [-0.15, -0.1) is 0 Å². The van der Waals surface area contributed by atoms with Gasteiger partial charge in [0, 0.05) is 19.6 Å². The fourth-order valence-electron chi connectivity index (χ4n) is 2.00. The van der Waals surface area contributed by atoms with E-state index in [-0.39, 0.29) is 6.10 Å². The molecule has 1 saturated heterocycles. The number of benzene rings is 1. The number of nitrogens with zero attached hydrogens (tertiary/aromatic N) is 1. The van der Waals surface area contributed by atoms with Gasteiger partial charge in [-0.3, -0.25) is 4.90 Å². The van der Waals surface area contributed by atoms with Crippen LogP contribution in [0.3, 0.4) is 0 Å². The van der Waals surface area contributed by atoms with Crippen LogP contribution in [0.4, 0.5) is 0 Å². The molecule has 0 spiro atoms. The monoisotopic (exact) mass is 207 g/mol. The summed E-state index contributed by atoms with van der Waals surface area (Å²) >= 11 is 0. The standard InChI is InChI=1S/C12H17NO2/c14-11-6-7-13(8-11)9-12(15)10-4-2-1-3-5-10/h1-5,11-12,14-15H,6-9H2. The second-order valence-corrected chi connectivity index (χ2v) is 4.13. The highest BCUT2D eigenvalue weighted by Crippen LogP contribution is 2.17. The predicted molar refractivity (Wildman–Crippen MR) is 58.5 cm³/mol. The maximum Gasteiger partial charge on any atom is 0.0916 e. The summed E-state index contributed by atoms with van der Waals surface area (Å²) in [5.41, 5.74) is 0.943. The van der Waals surface area contributed by atoms with E-state index in [0.717, 1.165) is 18.5 Å². The van der Waals surface area contributed by atoms with Crippen LogP contribution in [0.1, 0.15) is 18.1 Å². The van der Waals surface area contributed by atoms with Crippen molar-refractivity contribution in [2.45, 2.75) is 18.6 Å². The zero-order valence-corrected chi connectivity index (χ0v) is 8.71. The van der Waals surface area contributed by atoms with Crippen molar-refractivity contribution in [1.82, 2.24) is 4.90 Å². The third-order valence-electron chi connectivity index (χ3n) is 2.86. The molecule has 1 aliphatic rings. The van der Waals surface area contributed by atoms with Crippen molar-refractivity contribution in [3.63, 3.8) is 0 Å². The molecule has 15 heavy (non-hydrogen) atoms. The lowest BCUT2D eigenvalue weighted by molar-refractivity contribution is 0.113. The maximum atomic E-state index is 9.94. The lowest BCUT2D eigenvalue weighted by Crippen LogP contribution is -2.27. The van der Waals surface area contributed by atoms with Gasteiger partial charge < -0.3 is 10.2 Å². The molecule has 2 rings (SSSR count). The largest absolute Gasteiger partial charge is 0.392 e. The SMILES string of the molecule is OC1CCN(CC(O)c2ccccc2)C1. The first kappa shape index (κ1) is 10.6. The molecule has 3 heteroatoms. The lowest BCUT2D eigenvalue weighted by Gasteiger charge is -2.19. The van der Waals surface area contributed by atoms with Gasteiger partial charge >= 0.3 is 0 Å². The van der Waals surface area contributed by atoms with Crippen molar-refractivity contribution < 1.29 is 10.2 Å². The molecule has 1 aliphatic heterocycles. The Morgan fingerprint density at radius 2 is 2.07 bits per heavy atom. The van der Waals surface area contributed by atoms with Gasteiger partial charge in [0.1, 0.15) is 0 Å². The molecule has 0 saturated carbocycles. The molecule has 82 valence electrons. The molecular formula is C12H17NO2. The van der Waals surface area contributed by atoms with Crippen LogP contribution in [0.25, 0.3) is 0 Å². The van der Waals surface area contributed by atoms with E-state index in [9.17, 15) is 10.2 Å². The first-order valence-electron chi connectivity index (χ1n) is 5.39. The minimum Gasteiger partial charge on any atom is -0.392 e. The number of hydrogen-bond donors (Lipinski definition) is 2. The minimum absolute atomic E-state index is 0.215. The Bertz CT molecular complexity index is 302. The average molecular weight is 207 g/mol. The van der Waals surface area contributed by atoms with Crippen LogP contribution in [0.5, 0.6) is 0 Å². The van der Waals surface area contributed by atoms with Gasteiger partial charge in [0.2, 0.25) is 0 Å². The van der Waals surface area contributed by atoms with Gasteiger partial charge in [0.15, 0.2) is 0 Å². The molecule has 2 atom stereocenters. The lowest BCUT2D eigenvalue weighted by atomic mass is 10.1. The zero-order chi connectivity index (χ0) is 10.7. The Kier molecular flexibility index (Phi) is 3.36. The third-order valence-corrected chi connectivity index (χ3v) is 2.86. The summed E-state index contributed by atoms with van der Waals surface area (Å²) in [6, 6.07) is 9.65. The van der Waals surface area contributed by atoms with Crippen LogP contribution in [0.15, 0.2) is 30.3 Å². The minimum atomic E-state index is -0.448. The summed E-state index contributed by atoms with van der Waals surface area (Å²) < 4.78 is 0. The first-order valence-corrected chi connectivity index (χ1v) is 5.39. The van der Waals surface area contributed by atoms with Crippen molar-refractivity contribution in [3.8, 4) is 0 Å². The second-order valence-electron chi connectivity index (χ2n) is 4.13. The van der Waals surface area contributed by atoms with Gasteiger partial charge in [0.25, 0.3) is 0 Å². The van der Waals surface area contributed by atoms with E-state index in [4.69, 9.17) is 0 Å². The number of aliphatic hydroxyl groups is 2. The molecule has 3 nitrogen and oxygen atoms in total. The molecule has 1 fully saturated rings. The summed E-state index contributed by atoms with van der Waals surface area (Å²) in [5, 5.41) is 19.3. The Balaban J connectivity index is 1.90. The van der Waals surface area contributed by atoms with E-state index in [1.165, 1.54) is 0 Å². The second kappa shape index (κ2) is 4.75. The van der Waals surface area contributed by atoms with Gasteiger partial charge in [-0.1, -0.05) is 30.3 Å². The van der Waals surface area contributed by atoms with E-state index >= 15 is 0 Å². The van der Waals surface area contributed by atoms with Crippen LogP contribution < -0.4 is 0 Å². The molecule has 2 N–H and O–H groups in total. The fourth-order valence-corrected chi connectivity index (χ4v) is 2.00. The smallest absolute Gasteiger partial charge is 0.0916 e. The molecule has 0 amide bonds. The fraction of sp³-hybridized carbons (Fsp3) is 0.500. The Hall–Kier alpha value is -0.900. The molecule has 2 unspecified atom stereocenters. The Labute approximate surface area is 90.0 Å². The van der Waals surface area contributed by atoms with Crippen molar-refractivity contribution in [2.24, 2.45) is 0 Å². The van der Waals surface area contributed by atoms with E-state index in [1.807, 2.05) is 30.3 Å². The quantitative estimate of drug-likeness (QED) is 0.770. The number of likely N-dealkylation sites (tertiary alicyclic amines) is 1. The highest BCUT2D eigenvalue weighted by atomic mass is 16.3. The van der Waals surface area contributed by atoms with Gasteiger partial charge in [-0.25, -0.2) is 0 Å². The normalized spacial score (nSPS) is 24.3. The summed E-state index contributed by atoms with van der Waals surface area (Å²) in [6.45, 7) is 2.18. The molecule has 0 aliphatic carbocycles. The van der Waals surface area contributed by atoms with Gasteiger partial charge in [-0.2, -0.15) is 0 Å². The van der Waals surface area contributed by atoms with Crippen molar-refractivity contribution in [2.75, 3.05) is 19.6 Å². The summed E-state index contributed by atoms with van der Waals surface area (Å²) in [5.74, 6) is 0. The zero-order valence-electron chi connectivity index (χ0n) is 8.71. The molecule has 1 aromatic carbocycles. The molecule has 1 heterocycles. The Morgan fingerprint density at radius 3 is 2.67 bits per heavy atom. The molecule has 0 radical (unpaired) electrons. The highest BCUT2D eigenvalue weighted by molar-refractivity contribution is 5.17. The third kappa shape index (κ3) is 2.78. The van der Waals surface area contributed by atoms with Crippen molar-refractivity contribution >= 4 is 0 Å². The summed E-state index contributed by atoms with van der Waals surface area (Å²) in [7, 11) is 0. The van der Waals surface area contributed by atoms with E-state index < -0.39 is 6.10 Å².